The Morgan fingerprint density at radius 1 is 1.09 bits per heavy atom. The quantitative estimate of drug-likeness (QED) is 0.539. The van der Waals surface area contributed by atoms with E-state index in [9.17, 15) is 4.79 Å². The van der Waals surface area contributed by atoms with Gasteiger partial charge in [-0.1, -0.05) is 18.2 Å². The van der Waals surface area contributed by atoms with Crippen LogP contribution in [0.15, 0.2) is 69.7 Å². The van der Waals surface area contributed by atoms with Crippen molar-refractivity contribution in [1.82, 2.24) is 14.8 Å². The van der Waals surface area contributed by atoms with Gasteiger partial charge in [-0.3, -0.25) is 14.6 Å². The van der Waals surface area contributed by atoms with Crippen LogP contribution in [0.2, 0.25) is 0 Å². The fourth-order valence-corrected chi connectivity index (χ4v) is 5.30. The fraction of sp³-hybridized carbons (Fsp3) is 0.346. The molecule has 34 heavy (non-hydrogen) atoms. The summed E-state index contributed by atoms with van der Waals surface area (Å²) in [4.78, 5) is 19.1. The van der Waals surface area contributed by atoms with Gasteiger partial charge in [-0.05, 0) is 60.8 Å². The highest BCUT2D eigenvalue weighted by Gasteiger charge is 2.35. The molecule has 8 heteroatoms. The van der Waals surface area contributed by atoms with E-state index in [1.165, 1.54) is 5.56 Å². The Bertz CT molecular complexity index is 1170. The van der Waals surface area contributed by atoms with Crippen LogP contribution in [0.25, 0.3) is 0 Å². The molecule has 0 spiro atoms. The lowest BCUT2D eigenvalue weighted by Gasteiger charge is -2.25. The second kappa shape index (κ2) is 10.3. The molecule has 1 aromatic carbocycles. The number of amides is 1. The number of rotatable bonds is 6. The Morgan fingerprint density at radius 3 is 2.65 bits per heavy atom. The average molecular weight is 474 g/mol. The van der Waals surface area contributed by atoms with Gasteiger partial charge in [-0.15, -0.1) is 11.3 Å². The van der Waals surface area contributed by atoms with Crippen molar-refractivity contribution < 1.29 is 9.21 Å². The zero-order valence-corrected chi connectivity index (χ0v) is 19.8. The van der Waals surface area contributed by atoms with Crippen LogP contribution in [0.4, 0.5) is 0 Å². The number of thiophene rings is 1. The summed E-state index contributed by atoms with van der Waals surface area (Å²) in [5.41, 5.74) is 2.83. The highest BCUT2D eigenvalue weighted by molar-refractivity contribution is 7.12. The topological polar surface area (TPSA) is 76.1 Å². The van der Waals surface area contributed by atoms with Gasteiger partial charge in [0.25, 0.3) is 5.91 Å². The molecule has 2 aliphatic rings. The number of nitriles is 1. The maximum atomic E-state index is 13.4. The van der Waals surface area contributed by atoms with E-state index in [1.54, 1.807) is 22.6 Å². The van der Waals surface area contributed by atoms with Gasteiger partial charge in [-0.25, -0.2) is 5.01 Å². The van der Waals surface area contributed by atoms with Crippen LogP contribution in [0.3, 0.4) is 0 Å². The third kappa shape index (κ3) is 5.12. The van der Waals surface area contributed by atoms with Gasteiger partial charge < -0.3 is 4.42 Å². The molecule has 2 aliphatic heterocycles. The zero-order chi connectivity index (χ0) is 23.3. The van der Waals surface area contributed by atoms with E-state index in [-0.39, 0.29) is 11.9 Å². The summed E-state index contributed by atoms with van der Waals surface area (Å²) >= 11 is 1.64. The van der Waals surface area contributed by atoms with Crippen LogP contribution >= 0.6 is 11.3 Å². The van der Waals surface area contributed by atoms with Crippen LogP contribution in [-0.2, 0) is 11.3 Å². The first-order valence-electron chi connectivity index (χ1n) is 11.6. The number of hydrazone groups is 1. The molecule has 3 aromatic rings. The van der Waals surface area contributed by atoms with E-state index in [0.29, 0.717) is 18.5 Å². The number of hydrogen-bond donors (Lipinski definition) is 0. The van der Waals surface area contributed by atoms with Crippen molar-refractivity contribution in [3.05, 3.63) is 81.9 Å². The van der Waals surface area contributed by atoms with E-state index in [1.807, 2.05) is 53.9 Å². The Morgan fingerprint density at radius 2 is 1.91 bits per heavy atom. The summed E-state index contributed by atoms with van der Waals surface area (Å²) in [5, 5.41) is 17.4. The molecular weight excluding hydrogens is 446 g/mol. The van der Waals surface area contributed by atoms with Gasteiger partial charge in [0.2, 0.25) is 0 Å². The number of hydrogen-bond acceptors (Lipinski definition) is 7. The molecule has 0 aliphatic carbocycles. The molecule has 1 fully saturated rings. The van der Waals surface area contributed by atoms with Gasteiger partial charge in [0, 0.05) is 26.1 Å². The fourth-order valence-electron chi connectivity index (χ4n) is 4.58. The Labute approximate surface area is 203 Å². The molecule has 1 unspecified atom stereocenters. The van der Waals surface area contributed by atoms with Crippen LogP contribution in [0, 0.1) is 11.3 Å². The van der Waals surface area contributed by atoms with E-state index >= 15 is 0 Å². The largest absolute Gasteiger partial charge is 0.467 e. The van der Waals surface area contributed by atoms with Crippen molar-refractivity contribution in [2.45, 2.75) is 25.4 Å². The molecule has 0 bridgehead atoms. The molecular formula is C26H27N5O2S. The molecule has 0 N–H and O–H groups in total. The van der Waals surface area contributed by atoms with Crippen molar-refractivity contribution in [2.24, 2.45) is 5.10 Å². The summed E-state index contributed by atoms with van der Waals surface area (Å²) in [5.74, 6) is 0.779. The summed E-state index contributed by atoms with van der Waals surface area (Å²) in [6.45, 7) is 4.82. The maximum Gasteiger partial charge on any atom is 0.257 e. The summed E-state index contributed by atoms with van der Waals surface area (Å²) in [6.07, 6.45) is 3.32. The highest BCUT2D eigenvalue weighted by atomic mass is 32.1. The SMILES string of the molecule is N#Cc1ccc(CN2CCCN(CC(=O)N3N=C(c4cccs4)CC3c3ccco3)CC2)cc1. The second-order valence-corrected chi connectivity index (χ2v) is 9.66. The number of furan rings is 1. The molecule has 1 amide bonds. The molecule has 0 saturated carbocycles. The minimum atomic E-state index is -0.195. The van der Waals surface area contributed by atoms with Crippen molar-refractivity contribution in [3.8, 4) is 6.07 Å². The predicted molar refractivity (Wildman–Crippen MR) is 131 cm³/mol. The van der Waals surface area contributed by atoms with Crippen molar-refractivity contribution in [3.63, 3.8) is 0 Å². The number of carbonyl (C=O) groups is 1. The number of benzene rings is 1. The first kappa shape index (κ1) is 22.5. The molecule has 0 radical (unpaired) electrons. The zero-order valence-electron chi connectivity index (χ0n) is 19.0. The Hall–Kier alpha value is -3.25. The standard InChI is InChI=1S/C26H27N5O2S/c27-17-20-6-8-21(9-7-20)18-29-10-3-11-30(13-12-29)19-26(32)31-23(24-4-1-14-33-24)16-22(28-31)25-5-2-15-34-25/h1-2,4-9,14-15,23H,3,10-13,16,18-19H2. The minimum absolute atomic E-state index is 0.00787. The van der Waals surface area contributed by atoms with Crippen LogP contribution in [0.5, 0.6) is 0 Å². The first-order valence-corrected chi connectivity index (χ1v) is 12.5. The van der Waals surface area contributed by atoms with Gasteiger partial charge in [0.05, 0.1) is 35.0 Å². The lowest BCUT2D eigenvalue weighted by Crippen LogP contribution is -2.40. The van der Waals surface area contributed by atoms with Crippen LogP contribution < -0.4 is 0 Å². The lowest BCUT2D eigenvalue weighted by atomic mass is 10.1. The van der Waals surface area contributed by atoms with Gasteiger partial charge in [0.15, 0.2) is 0 Å². The molecule has 174 valence electrons. The third-order valence-corrected chi connectivity index (χ3v) is 7.29. The summed E-state index contributed by atoms with van der Waals surface area (Å²) < 4.78 is 5.66. The van der Waals surface area contributed by atoms with Crippen molar-refractivity contribution in [2.75, 3.05) is 32.7 Å². The highest BCUT2D eigenvalue weighted by Crippen LogP contribution is 2.34. The van der Waals surface area contributed by atoms with Crippen LogP contribution in [-0.4, -0.2) is 59.2 Å². The maximum absolute atomic E-state index is 13.4. The molecule has 4 heterocycles. The minimum Gasteiger partial charge on any atom is -0.467 e. The predicted octanol–water partition coefficient (Wildman–Crippen LogP) is 4.10. The molecule has 1 atom stereocenters. The molecule has 5 rings (SSSR count). The van der Waals surface area contributed by atoms with Gasteiger partial charge in [-0.2, -0.15) is 10.4 Å². The van der Waals surface area contributed by atoms with Crippen LogP contribution in [0.1, 0.15) is 40.6 Å². The van der Waals surface area contributed by atoms with E-state index in [0.717, 1.165) is 55.5 Å². The first-order chi connectivity index (χ1) is 16.7. The van der Waals surface area contributed by atoms with Gasteiger partial charge >= 0.3 is 0 Å². The third-order valence-electron chi connectivity index (χ3n) is 6.37. The molecule has 7 nitrogen and oxygen atoms in total. The Kier molecular flexibility index (Phi) is 6.86. The average Bonchev–Trinajstić information content (AvgIpc) is 3.61. The monoisotopic (exact) mass is 473 g/mol. The summed E-state index contributed by atoms with van der Waals surface area (Å²) in [7, 11) is 0. The smallest absolute Gasteiger partial charge is 0.257 e. The van der Waals surface area contributed by atoms with E-state index in [4.69, 9.17) is 14.8 Å². The normalized spacial score (nSPS) is 19.6. The van der Waals surface area contributed by atoms with E-state index < -0.39 is 0 Å². The Balaban J connectivity index is 1.21. The van der Waals surface area contributed by atoms with Crippen molar-refractivity contribution in [1.29, 1.82) is 5.26 Å². The van der Waals surface area contributed by atoms with Crippen molar-refractivity contribution >= 4 is 23.0 Å². The lowest BCUT2D eigenvalue weighted by molar-refractivity contribution is -0.134. The summed E-state index contributed by atoms with van der Waals surface area (Å²) in [6, 6.07) is 17.6. The van der Waals surface area contributed by atoms with Gasteiger partial charge in [0.1, 0.15) is 11.8 Å². The molecule has 2 aromatic heterocycles. The van der Waals surface area contributed by atoms with E-state index in [2.05, 4.69) is 15.9 Å². The molecule has 1 saturated heterocycles. The number of nitrogens with zero attached hydrogens (tertiary/aromatic N) is 5. The second-order valence-electron chi connectivity index (χ2n) is 8.71. The number of carbonyl (C=O) groups excluding carboxylic acids is 1.